The average Bonchev–Trinajstić information content (AvgIpc) is 2.75. The summed E-state index contributed by atoms with van der Waals surface area (Å²) in [5, 5.41) is 0.558. The van der Waals surface area contributed by atoms with E-state index < -0.39 is 8.32 Å². The molecule has 3 aromatic rings. The molecule has 1 heterocycles. The molecule has 0 aliphatic heterocycles. The van der Waals surface area contributed by atoms with E-state index in [1.54, 1.807) is 19.2 Å². The van der Waals surface area contributed by atoms with Crippen molar-refractivity contribution in [1.82, 2.24) is 9.97 Å². The van der Waals surface area contributed by atoms with Crippen LogP contribution in [0.25, 0.3) is 22.3 Å². The number of methoxy groups -OCH3 is 2. The highest BCUT2D eigenvalue weighted by atomic mass is 28.4. The monoisotopic (exact) mass is 470 g/mol. The van der Waals surface area contributed by atoms with E-state index in [1.165, 1.54) is 7.11 Å². The zero-order chi connectivity index (χ0) is 24.4. The predicted molar refractivity (Wildman–Crippen MR) is 134 cm³/mol. The molecule has 0 radical (unpaired) electrons. The van der Waals surface area contributed by atoms with Gasteiger partial charge in [0.25, 0.3) is 5.56 Å². The van der Waals surface area contributed by atoms with Crippen LogP contribution in [0.2, 0.25) is 18.1 Å². The summed E-state index contributed by atoms with van der Waals surface area (Å²) in [6, 6.07) is 9.13. The lowest BCUT2D eigenvalue weighted by Crippen LogP contribution is -2.41. The van der Waals surface area contributed by atoms with Crippen LogP contribution >= 0.6 is 0 Å². The summed E-state index contributed by atoms with van der Waals surface area (Å²) in [5.41, 5.74) is 1.98. The number of hydrogen-bond acceptors (Lipinski definition) is 6. The summed E-state index contributed by atoms with van der Waals surface area (Å²) in [6.07, 6.45) is 0. The van der Waals surface area contributed by atoms with Crippen LogP contribution in [-0.2, 0) is 4.43 Å². The highest BCUT2D eigenvalue weighted by molar-refractivity contribution is 6.74. The number of aromatic nitrogens is 2. The van der Waals surface area contributed by atoms with Crippen molar-refractivity contribution >= 4 is 19.2 Å². The number of H-pyrrole nitrogens is 1. The molecule has 0 saturated heterocycles. The maximum Gasteiger partial charge on any atom is 0.262 e. The van der Waals surface area contributed by atoms with E-state index in [0.717, 1.165) is 16.9 Å². The van der Waals surface area contributed by atoms with E-state index in [-0.39, 0.29) is 10.6 Å². The van der Waals surface area contributed by atoms with Gasteiger partial charge >= 0.3 is 0 Å². The van der Waals surface area contributed by atoms with Crippen molar-refractivity contribution in [3.8, 4) is 28.6 Å². The zero-order valence-corrected chi connectivity index (χ0v) is 21.8. The molecule has 33 heavy (non-hydrogen) atoms. The number of rotatable bonds is 8. The lowest BCUT2D eigenvalue weighted by molar-refractivity contribution is 0.203. The van der Waals surface area contributed by atoms with Gasteiger partial charge in [-0.15, -0.1) is 0 Å². The molecule has 0 aliphatic rings. The Morgan fingerprint density at radius 2 is 1.73 bits per heavy atom. The number of hydrogen-bond donors (Lipinski definition) is 1. The SMILES string of the molecule is COc1cc(OC)c2c(=O)[nH]c(-c3ccc(OCCO[Si](C)(C)C(C)(C)C)c(C)c3)nc2c1. The molecule has 0 spiro atoms. The van der Waals surface area contributed by atoms with Crippen LogP contribution in [-0.4, -0.2) is 45.7 Å². The van der Waals surface area contributed by atoms with Gasteiger partial charge in [-0.05, 0) is 48.8 Å². The number of benzene rings is 2. The van der Waals surface area contributed by atoms with E-state index in [2.05, 4.69) is 43.8 Å². The van der Waals surface area contributed by atoms with E-state index in [1.807, 2.05) is 25.1 Å². The van der Waals surface area contributed by atoms with Gasteiger partial charge in [0.15, 0.2) is 8.32 Å². The molecule has 1 aromatic heterocycles. The standard InChI is InChI=1S/C25H34N2O5Si/c1-16-13-17(9-10-20(16)31-11-12-32-33(7,8)25(2,3)4)23-26-19-14-18(29-5)15-21(30-6)22(19)24(28)27-23/h9-10,13-15H,11-12H2,1-8H3,(H,26,27,28). The number of aromatic amines is 1. The number of aryl methyl sites for hydroxylation is 1. The third-order valence-electron chi connectivity index (χ3n) is 6.26. The summed E-state index contributed by atoms with van der Waals surface area (Å²) >= 11 is 0. The molecule has 0 bridgehead atoms. The molecule has 0 unspecified atom stereocenters. The Morgan fingerprint density at radius 1 is 1.00 bits per heavy atom. The van der Waals surface area contributed by atoms with Gasteiger partial charge in [-0.3, -0.25) is 4.79 Å². The van der Waals surface area contributed by atoms with Gasteiger partial charge in [-0.1, -0.05) is 20.8 Å². The van der Waals surface area contributed by atoms with Gasteiger partial charge in [0.05, 0.1) is 26.3 Å². The van der Waals surface area contributed by atoms with Crippen LogP contribution in [0, 0.1) is 6.92 Å². The van der Waals surface area contributed by atoms with Crippen molar-refractivity contribution in [2.75, 3.05) is 27.4 Å². The van der Waals surface area contributed by atoms with Crippen molar-refractivity contribution in [1.29, 1.82) is 0 Å². The first-order valence-electron chi connectivity index (χ1n) is 11.0. The lowest BCUT2D eigenvalue weighted by Gasteiger charge is -2.36. The first kappa shape index (κ1) is 24.8. The van der Waals surface area contributed by atoms with Crippen molar-refractivity contribution < 1.29 is 18.6 Å². The maximum absolute atomic E-state index is 12.8. The summed E-state index contributed by atoms with van der Waals surface area (Å²) < 4.78 is 22.8. The Balaban J connectivity index is 1.80. The highest BCUT2D eigenvalue weighted by Crippen LogP contribution is 2.36. The van der Waals surface area contributed by atoms with E-state index >= 15 is 0 Å². The molecule has 178 valence electrons. The van der Waals surface area contributed by atoms with Gasteiger partial charge in [0.2, 0.25) is 0 Å². The summed E-state index contributed by atoms with van der Waals surface area (Å²) in [7, 11) is 1.29. The van der Waals surface area contributed by atoms with Gasteiger partial charge in [-0.25, -0.2) is 4.98 Å². The van der Waals surface area contributed by atoms with Gasteiger partial charge in [-0.2, -0.15) is 0 Å². The third kappa shape index (κ3) is 5.39. The van der Waals surface area contributed by atoms with E-state index in [0.29, 0.717) is 41.4 Å². The van der Waals surface area contributed by atoms with Gasteiger partial charge in [0.1, 0.15) is 35.1 Å². The number of ether oxygens (including phenoxy) is 3. The molecular formula is C25H34N2O5Si. The van der Waals surface area contributed by atoms with Crippen LogP contribution in [0.1, 0.15) is 26.3 Å². The van der Waals surface area contributed by atoms with Crippen LogP contribution in [0.3, 0.4) is 0 Å². The largest absolute Gasteiger partial charge is 0.497 e. The van der Waals surface area contributed by atoms with Crippen LogP contribution in [0.15, 0.2) is 35.1 Å². The van der Waals surface area contributed by atoms with Gasteiger partial charge in [0, 0.05) is 17.7 Å². The van der Waals surface area contributed by atoms with Crippen molar-refractivity contribution in [3.63, 3.8) is 0 Å². The molecule has 2 aromatic carbocycles. The first-order chi connectivity index (χ1) is 15.5. The summed E-state index contributed by atoms with van der Waals surface area (Å²) in [6.45, 7) is 14.1. The van der Waals surface area contributed by atoms with Crippen LogP contribution < -0.4 is 19.8 Å². The molecule has 0 fully saturated rings. The second kappa shape index (κ2) is 9.57. The Labute approximate surface area is 196 Å². The Kier molecular flexibility index (Phi) is 7.19. The smallest absolute Gasteiger partial charge is 0.262 e. The molecule has 0 aliphatic carbocycles. The van der Waals surface area contributed by atoms with Crippen molar-refractivity contribution in [2.45, 2.75) is 45.8 Å². The minimum absolute atomic E-state index is 0.169. The molecule has 3 rings (SSSR count). The Hall–Kier alpha value is -2.84. The zero-order valence-electron chi connectivity index (χ0n) is 20.8. The summed E-state index contributed by atoms with van der Waals surface area (Å²) in [4.78, 5) is 20.3. The Morgan fingerprint density at radius 3 is 2.33 bits per heavy atom. The lowest BCUT2D eigenvalue weighted by atomic mass is 10.1. The number of nitrogens with one attached hydrogen (secondary N) is 1. The molecule has 7 nitrogen and oxygen atoms in total. The normalized spacial score (nSPS) is 12.1. The third-order valence-corrected chi connectivity index (χ3v) is 10.8. The molecule has 0 saturated carbocycles. The fourth-order valence-corrected chi connectivity index (χ4v) is 4.28. The molecule has 8 heteroatoms. The van der Waals surface area contributed by atoms with Gasteiger partial charge < -0.3 is 23.6 Å². The number of nitrogens with zero attached hydrogens (tertiary/aromatic N) is 1. The molecular weight excluding hydrogens is 436 g/mol. The topological polar surface area (TPSA) is 82.7 Å². The minimum Gasteiger partial charge on any atom is -0.497 e. The van der Waals surface area contributed by atoms with E-state index in [4.69, 9.17) is 18.6 Å². The van der Waals surface area contributed by atoms with Crippen LogP contribution in [0.4, 0.5) is 0 Å². The molecule has 1 N–H and O–H groups in total. The highest BCUT2D eigenvalue weighted by Gasteiger charge is 2.36. The average molecular weight is 471 g/mol. The second-order valence-electron chi connectivity index (χ2n) is 9.58. The predicted octanol–water partition coefficient (Wildman–Crippen LogP) is 5.32. The van der Waals surface area contributed by atoms with Crippen molar-refractivity contribution in [3.05, 3.63) is 46.2 Å². The number of fused-ring (bicyclic) bond motifs is 1. The first-order valence-corrected chi connectivity index (χ1v) is 13.9. The molecule has 0 amide bonds. The molecule has 0 atom stereocenters. The van der Waals surface area contributed by atoms with Crippen molar-refractivity contribution in [2.24, 2.45) is 0 Å². The fourth-order valence-electron chi connectivity index (χ4n) is 3.25. The van der Waals surface area contributed by atoms with E-state index in [9.17, 15) is 4.79 Å². The Bertz CT molecular complexity index is 1200. The fraction of sp³-hybridized carbons (Fsp3) is 0.440. The summed E-state index contributed by atoms with van der Waals surface area (Å²) in [5.74, 6) is 2.25. The van der Waals surface area contributed by atoms with Crippen LogP contribution in [0.5, 0.6) is 17.2 Å². The second-order valence-corrected chi connectivity index (χ2v) is 14.4. The minimum atomic E-state index is -1.79. The quantitative estimate of drug-likeness (QED) is 0.355. The maximum atomic E-state index is 12.8.